The summed E-state index contributed by atoms with van der Waals surface area (Å²) in [5, 5.41) is 0. The van der Waals surface area contributed by atoms with E-state index in [-0.39, 0.29) is 0 Å². The van der Waals surface area contributed by atoms with Crippen molar-refractivity contribution in [2.75, 3.05) is 14.2 Å². The van der Waals surface area contributed by atoms with E-state index in [1.807, 2.05) is 42.5 Å². The first-order valence-corrected chi connectivity index (χ1v) is 11.3. The second-order valence-corrected chi connectivity index (χ2v) is 8.09. The van der Waals surface area contributed by atoms with E-state index in [0.29, 0.717) is 0 Å². The van der Waals surface area contributed by atoms with Gasteiger partial charge in [-0.1, -0.05) is 48.5 Å². The predicted octanol–water partition coefficient (Wildman–Crippen LogP) is 7.07. The number of hydrogen-bond donors (Lipinski definition) is 0. The minimum absolute atomic E-state index is 0.854. The molecular weight excluding hydrogens is 408 g/mol. The van der Waals surface area contributed by atoms with Crippen LogP contribution in [-0.4, -0.2) is 14.2 Å². The molecule has 3 nitrogen and oxygen atoms in total. The van der Waals surface area contributed by atoms with Crippen LogP contribution < -0.4 is 14.2 Å². The Kier molecular flexibility index (Phi) is 7.65. The van der Waals surface area contributed by atoms with Gasteiger partial charge in [0.2, 0.25) is 0 Å². The van der Waals surface area contributed by atoms with Gasteiger partial charge in [0.1, 0.15) is 23.0 Å². The summed E-state index contributed by atoms with van der Waals surface area (Å²) in [4.78, 5) is 0. The lowest BCUT2D eigenvalue weighted by molar-refractivity contribution is 0.414. The van der Waals surface area contributed by atoms with Crippen LogP contribution in [0.4, 0.5) is 0 Å². The Labute approximate surface area is 196 Å². The number of rotatable bonds is 10. The fourth-order valence-electron chi connectivity index (χ4n) is 3.82. The van der Waals surface area contributed by atoms with Gasteiger partial charge in [0.05, 0.1) is 14.2 Å². The maximum Gasteiger partial charge on any atom is 0.127 e. The SMILES string of the molecule is COc1ccc(CCc2cccc(Oc3ccc(CCc4cccc(OC)c4)cc3)c2)cc1. The van der Waals surface area contributed by atoms with Gasteiger partial charge in [-0.05, 0) is 96.5 Å². The molecule has 0 spiro atoms. The zero-order valence-electron chi connectivity index (χ0n) is 19.3. The van der Waals surface area contributed by atoms with E-state index in [2.05, 4.69) is 54.6 Å². The standard InChI is InChI=1S/C30H30O3/c1-31-27-17-13-23(14-18-27)10-12-26-6-4-8-30(22-26)33-28-19-15-24(16-20-28)9-11-25-5-3-7-29(21-25)32-2/h3-8,13-22H,9-12H2,1-2H3. The van der Waals surface area contributed by atoms with Crippen LogP contribution in [-0.2, 0) is 25.7 Å². The second-order valence-electron chi connectivity index (χ2n) is 8.09. The van der Waals surface area contributed by atoms with E-state index < -0.39 is 0 Å². The second kappa shape index (κ2) is 11.2. The first-order chi connectivity index (χ1) is 16.2. The summed E-state index contributed by atoms with van der Waals surface area (Å²) in [6.07, 6.45) is 3.91. The van der Waals surface area contributed by atoms with Crippen LogP contribution in [0.5, 0.6) is 23.0 Å². The minimum Gasteiger partial charge on any atom is -0.497 e. The van der Waals surface area contributed by atoms with Gasteiger partial charge in [-0.15, -0.1) is 0 Å². The molecule has 0 N–H and O–H groups in total. The fraction of sp³-hybridized carbons (Fsp3) is 0.200. The van der Waals surface area contributed by atoms with Crippen LogP contribution in [0.1, 0.15) is 22.3 Å². The van der Waals surface area contributed by atoms with Gasteiger partial charge in [-0.3, -0.25) is 0 Å². The molecule has 0 amide bonds. The van der Waals surface area contributed by atoms with Crippen molar-refractivity contribution < 1.29 is 14.2 Å². The molecule has 0 aliphatic rings. The van der Waals surface area contributed by atoms with Crippen molar-refractivity contribution in [3.63, 3.8) is 0 Å². The van der Waals surface area contributed by atoms with Crippen LogP contribution in [0.25, 0.3) is 0 Å². The maximum absolute atomic E-state index is 6.12. The zero-order chi connectivity index (χ0) is 22.9. The Hall–Kier alpha value is -3.72. The third kappa shape index (κ3) is 6.63. The van der Waals surface area contributed by atoms with E-state index in [4.69, 9.17) is 14.2 Å². The molecule has 0 radical (unpaired) electrons. The van der Waals surface area contributed by atoms with Crippen LogP contribution >= 0.6 is 0 Å². The van der Waals surface area contributed by atoms with E-state index in [1.54, 1.807) is 14.2 Å². The van der Waals surface area contributed by atoms with E-state index in [9.17, 15) is 0 Å². The number of methoxy groups -OCH3 is 2. The van der Waals surface area contributed by atoms with Gasteiger partial charge in [0.15, 0.2) is 0 Å². The van der Waals surface area contributed by atoms with Crippen LogP contribution in [0, 0.1) is 0 Å². The molecule has 0 aliphatic carbocycles. The highest BCUT2D eigenvalue weighted by atomic mass is 16.5. The summed E-state index contributed by atoms with van der Waals surface area (Å²) >= 11 is 0. The van der Waals surface area contributed by atoms with E-state index in [1.165, 1.54) is 22.3 Å². The molecular formula is C30H30O3. The Morgan fingerprint density at radius 1 is 0.424 bits per heavy atom. The summed E-state index contributed by atoms with van der Waals surface area (Å²) in [6, 6.07) is 33.2. The Balaban J connectivity index is 1.31. The normalized spacial score (nSPS) is 10.6. The van der Waals surface area contributed by atoms with Gasteiger partial charge in [0, 0.05) is 0 Å². The molecule has 0 heterocycles. The van der Waals surface area contributed by atoms with Crippen molar-refractivity contribution in [2.24, 2.45) is 0 Å². The molecule has 3 heteroatoms. The number of benzene rings is 4. The molecule has 4 aromatic carbocycles. The number of ether oxygens (including phenoxy) is 3. The molecule has 0 atom stereocenters. The molecule has 0 saturated carbocycles. The summed E-state index contributed by atoms with van der Waals surface area (Å²) in [7, 11) is 3.39. The van der Waals surface area contributed by atoms with Crippen molar-refractivity contribution in [3.8, 4) is 23.0 Å². The molecule has 4 aromatic rings. The summed E-state index contributed by atoms with van der Waals surface area (Å²) < 4.78 is 16.7. The minimum atomic E-state index is 0.854. The van der Waals surface area contributed by atoms with Crippen LogP contribution in [0.2, 0.25) is 0 Å². The Morgan fingerprint density at radius 3 is 1.42 bits per heavy atom. The summed E-state index contributed by atoms with van der Waals surface area (Å²) in [5.74, 6) is 3.52. The summed E-state index contributed by atoms with van der Waals surface area (Å²) in [6.45, 7) is 0. The zero-order valence-corrected chi connectivity index (χ0v) is 19.3. The van der Waals surface area contributed by atoms with Crippen LogP contribution in [0.15, 0.2) is 97.1 Å². The fourth-order valence-corrected chi connectivity index (χ4v) is 3.82. The van der Waals surface area contributed by atoms with Crippen molar-refractivity contribution in [3.05, 3.63) is 119 Å². The number of aryl methyl sites for hydroxylation is 4. The molecule has 33 heavy (non-hydrogen) atoms. The van der Waals surface area contributed by atoms with Gasteiger partial charge < -0.3 is 14.2 Å². The predicted molar refractivity (Wildman–Crippen MR) is 134 cm³/mol. The third-order valence-corrected chi connectivity index (χ3v) is 5.76. The van der Waals surface area contributed by atoms with Crippen molar-refractivity contribution >= 4 is 0 Å². The molecule has 0 saturated heterocycles. The highest BCUT2D eigenvalue weighted by Gasteiger charge is 2.03. The van der Waals surface area contributed by atoms with Crippen LogP contribution in [0.3, 0.4) is 0 Å². The summed E-state index contributed by atoms with van der Waals surface area (Å²) in [5.41, 5.74) is 5.13. The molecule has 168 valence electrons. The average Bonchev–Trinajstić information content (AvgIpc) is 2.88. The van der Waals surface area contributed by atoms with Crippen molar-refractivity contribution in [1.82, 2.24) is 0 Å². The van der Waals surface area contributed by atoms with Gasteiger partial charge in [0.25, 0.3) is 0 Å². The van der Waals surface area contributed by atoms with Gasteiger partial charge in [-0.25, -0.2) is 0 Å². The number of hydrogen-bond acceptors (Lipinski definition) is 3. The Morgan fingerprint density at radius 2 is 0.879 bits per heavy atom. The van der Waals surface area contributed by atoms with E-state index >= 15 is 0 Å². The highest BCUT2D eigenvalue weighted by Crippen LogP contribution is 2.24. The largest absolute Gasteiger partial charge is 0.497 e. The van der Waals surface area contributed by atoms with E-state index in [0.717, 1.165) is 48.7 Å². The Bertz CT molecular complexity index is 1150. The maximum atomic E-state index is 6.12. The average molecular weight is 439 g/mol. The first kappa shape index (κ1) is 22.5. The first-order valence-electron chi connectivity index (χ1n) is 11.3. The monoisotopic (exact) mass is 438 g/mol. The lowest BCUT2D eigenvalue weighted by Gasteiger charge is -2.09. The molecule has 0 fully saturated rings. The molecule has 0 aliphatic heterocycles. The third-order valence-electron chi connectivity index (χ3n) is 5.76. The molecule has 4 rings (SSSR count). The highest BCUT2D eigenvalue weighted by molar-refractivity contribution is 5.36. The topological polar surface area (TPSA) is 27.7 Å². The molecule has 0 bridgehead atoms. The lowest BCUT2D eigenvalue weighted by atomic mass is 10.0. The smallest absolute Gasteiger partial charge is 0.127 e. The molecule has 0 unspecified atom stereocenters. The van der Waals surface area contributed by atoms with Crippen molar-refractivity contribution in [1.29, 1.82) is 0 Å². The quantitative estimate of drug-likeness (QED) is 0.265. The van der Waals surface area contributed by atoms with Gasteiger partial charge >= 0.3 is 0 Å². The molecule has 0 aromatic heterocycles. The van der Waals surface area contributed by atoms with Crippen molar-refractivity contribution in [2.45, 2.75) is 25.7 Å². The van der Waals surface area contributed by atoms with Gasteiger partial charge in [-0.2, -0.15) is 0 Å². The lowest BCUT2D eigenvalue weighted by Crippen LogP contribution is -1.94.